The molecular formula is C21H32N6. The summed E-state index contributed by atoms with van der Waals surface area (Å²) >= 11 is 0. The fourth-order valence-corrected chi connectivity index (χ4v) is 3.77. The SMILES string of the molecule is CCN1CCCC1CNC(=NC)NCc1cccc(Cn2ccnc2C)c1. The number of imidazole rings is 1. The lowest BCUT2D eigenvalue weighted by Crippen LogP contribution is -2.44. The normalized spacial score (nSPS) is 18.0. The van der Waals surface area contributed by atoms with Crippen molar-refractivity contribution in [2.75, 3.05) is 26.7 Å². The van der Waals surface area contributed by atoms with Crippen LogP contribution in [-0.4, -0.2) is 53.1 Å². The second-order valence-corrected chi connectivity index (χ2v) is 7.15. The molecule has 0 amide bonds. The molecule has 2 heterocycles. The van der Waals surface area contributed by atoms with Gasteiger partial charge in [-0.15, -0.1) is 0 Å². The third kappa shape index (κ3) is 5.32. The van der Waals surface area contributed by atoms with Crippen LogP contribution in [0.1, 0.15) is 36.7 Å². The van der Waals surface area contributed by atoms with Gasteiger partial charge in [0.05, 0.1) is 0 Å². The number of hydrogen-bond acceptors (Lipinski definition) is 3. The summed E-state index contributed by atoms with van der Waals surface area (Å²) in [6, 6.07) is 9.30. The fraction of sp³-hybridized carbons (Fsp3) is 0.524. The van der Waals surface area contributed by atoms with Gasteiger partial charge in [-0.05, 0) is 44.0 Å². The van der Waals surface area contributed by atoms with Gasteiger partial charge < -0.3 is 15.2 Å². The molecule has 0 saturated carbocycles. The second-order valence-electron chi connectivity index (χ2n) is 7.15. The van der Waals surface area contributed by atoms with Crippen LogP contribution in [0.2, 0.25) is 0 Å². The lowest BCUT2D eigenvalue weighted by Gasteiger charge is -2.24. The molecule has 0 aliphatic carbocycles. The van der Waals surface area contributed by atoms with Gasteiger partial charge in [0.15, 0.2) is 5.96 Å². The first-order chi connectivity index (χ1) is 13.2. The molecule has 2 N–H and O–H groups in total. The maximum absolute atomic E-state index is 4.37. The number of likely N-dealkylation sites (N-methyl/N-ethyl adjacent to an activating group) is 1. The third-order valence-electron chi connectivity index (χ3n) is 5.36. The Hall–Kier alpha value is -2.34. The highest BCUT2D eigenvalue weighted by molar-refractivity contribution is 5.79. The number of nitrogens with zero attached hydrogens (tertiary/aromatic N) is 4. The van der Waals surface area contributed by atoms with E-state index in [1.165, 1.54) is 30.5 Å². The number of rotatable bonds is 7. The molecule has 0 radical (unpaired) electrons. The highest BCUT2D eigenvalue weighted by Gasteiger charge is 2.22. The Morgan fingerprint density at radius 1 is 1.30 bits per heavy atom. The van der Waals surface area contributed by atoms with Crippen molar-refractivity contribution in [3.05, 3.63) is 53.6 Å². The predicted molar refractivity (Wildman–Crippen MR) is 111 cm³/mol. The zero-order valence-corrected chi connectivity index (χ0v) is 16.8. The molecule has 1 fully saturated rings. The molecule has 6 heteroatoms. The molecule has 27 heavy (non-hydrogen) atoms. The number of benzene rings is 1. The monoisotopic (exact) mass is 368 g/mol. The van der Waals surface area contributed by atoms with Crippen LogP contribution in [-0.2, 0) is 13.1 Å². The highest BCUT2D eigenvalue weighted by atomic mass is 15.2. The van der Waals surface area contributed by atoms with Crippen LogP contribution in [0.3, 0.4) is 0 Å². The molecule has 1 unspecified atom stereocenters. The third-order valence-corrected chi connectivity index (χ3v) is 5.36. The van der Waals surface area contributed by atoms with Crippen molar-refractivity contribution in [2.24, 2.45) is 4.99 Å². The fourth-order valence-electron chi connectivity index (χ4n) is 3.77. The van der Waals surface area contributed by atoms with Crippen LogP contribution < -0.4 is 10.6 Å². The van der Waals surface area contributed by atoms with Crippen molar-refractivity contribution in [1.82, 2.24) is 25.1 Å². The smallest absolute Gasteiger partial charge is 0.191 e. The zero-order chi connectivity index (χ0) is 19.1. The summed E-state index contributed by atoms with van der Waals surface area (Å²) in [7, 11) is 1.83. The Labute approximate surface area is 162 Å². The van der Waals surface area contributed by atoms with Gasteiger partial charge in [-0.25, -0.2) is 4.98 Å². The van der Waals surface area contributed by atoms with E-state index >= 15 is 0 Å². The number of likely N-dealkylation sites (tertiary alicyclic amines) is 1. The van der Waals surface area contributed by atoms with E-state index in [2.05, 4.69) is 61.3 Å². The molecule has 146 valence electrons. The molecule has 0 spiro atoms. The number of aliphatic imine (C=N–C) groups is 1. The van der Waals surface area contributed by atoms with Crippen molar-refractivity contribution in [1.29, 1.82) is 0 Å². The van der Waals surface area contributed by atoms with Gasteiger partial charge in [0.2, 0.25) is 0 Å². The quantitative estimate of drug-likeness (QED) is 0.582. The van der Waals surface area contributed by atoms with Gasteiger partial charge in [0.25, 0.3) is 0 Å². The van der Waals surface area contributed by atoms with Gasteiger partial charge >= 0.3 is 0 Å². The van der Waals surface area contributed by atoms with Crippen LogP contribution in [0, 0.1) is 6.92 Å². The Morgan fingerprint density at radius 3 is 2.89 bits per heavy atom. The first-order valence-electron chi connectivity index (χ1n) is 9.93. The second kappa shape index (κ2) is 9.55. The molecule has 1 aromatic heterocycles. The number of aryl methyl sites for hydroxylation is 1. The topological polar surface area (TPSA) is 57.5 Å². The standard InChI is InChI=1S/C21H32N6/c1-4-26-11-6-9-20(26)15-25-21(22-3)24-14-18-7-5-8-19(13-18)16-27-12-10-23-17(27)2/h5,7-8,10,12-13,20H,4,6,9,11,14-16H2,1-3H3,(H2,22,24,25). The summed E-state index contributed by atoms with van der Waals surface area (Å²) in [4.78, 5) is 11.2. The molecule has 1 atom stereocenters. The lowest BCUT2D eigenvalue weighted by molar-refractivity contribution is 0.267. The minimum atomic E-state index is 0.621. The van der Waals surface area contributed by atoms with E-state index in [0.29, 0.717) is 6.04 Å². The first-order valence-corrected chi connectivity index (χ1v) is 9.93. The van der Waals surface area contributed by atoms with Gasteiger partial charge in [-0.2, -0.15) is 0 Å². The molecule has 6 nitrogen and oxygen atoms in total. The summed E-state index contributed by atoms with van der Waals surface area (Å²) in [5.41, 5.74) is 2.53. The Bertz CT molecular complexity index is 751. The van der Waals surface area contributed by atoms with Gasteiger partial charge in [0.1, 0.15) is 5.82 Å². The molecule has 0 bridgehead atoms. The van der Waals surface area contributed by atoms with E-state index in [-0.39, 0.29) is 0 Å². The van der Waals surface area contributed by atoms with Crippen molar-refractivity contribution >= 4 is 5.96 Å². The number of hydrogen-bond donors (Lipinski definition) is 2. The number of nitrogens with one attached hydrogen (secondary N) is 2. The van der Waals surface area contributed by atoms with E-state index in [1.807, 2.05) is 26.4 Å². The minimum absolute atomic E-state index is 0.621. The van der Waals surface area contributed by atoms with Crippen LogP contribution in [0.25, 0.3) is 0 Å². The first kappa shape index (κ1) is 19.4. The molecule has 3 rings (SSSR count). The van der Waals surface area contributed by atoms with Crippen LogP contribution in [0.15, 0.2) is 41.7 Å². The van der Waals surface area contributed by atoms with Crippen molar-refractivity contribution in [3.63, 3.8) is 0 Å². The molecule has 2 aromatic rings. The van der Waals surface area contributed by atoms with Crippen molar-refractivity contribution in [3.8, 4) is 0 Å². The summed E-state index contributed by atoms with van der Waals surface area (Å²) < 4.78 is 2.16. The van der Waals surface area contributed by atoms with Crippen molar-refractivity contribution < 1.29 is 0 Å². The molecule has 1 aliphatic heterocycles. The molecule has 1 aromatic carbocycles. The van der Waals surface area contributed by atoms with E-state index < -0.39 is 0 Å². The summed E-state index contributed by atoms with van der Waals surface area (Å²) in [5, 5.41) is 6.93. The summed E-state index contributed by atoms with van der Waals surface area (Å²) in [6.07, 6.45) is 6.44. The van der Waals surface area contributed by atoms with Crippen LogP contribution in [0.4, 0.5) is 0 Å². The zero-order valence-electron chi connectivity index (χ0n) is 16.8. The average molecular weight is 369 g/mol. The number of guanidine groups is 1. The lowest BCUT2D eigenvalue weighted by atomic mass is 10.1. The van der Waals surface area contributed by atoms with E-state index in [1.54, 1.807) is 0 Å². The average Bonchev–Trinajstić information content (AvgIpc) is 3.31. The summed E-state index contributed by atoms with van der Waals surface area (Å²) in [5.74, 6) is 1.91. The van der Waals surface area contributed by atoms with E-state index in [4.69, 9.17) is 0 Å². The molecular weight excluding hydrogens is 336 g/mol. The van der Waals surface area contributed by atoms with Gasteiger partial charge in [-0.1, -0.05) is 31.2 Å². The predicted octanol–water partition coefficient (Wildman–Crippen LogP) is 2.39. The largest absolute Gasteiger partial charge is 0.355 e. The Kier molecular flexibility index (Phi) is 6.87. The Morgan fingerprint density at radius 2 is 2.15 bits per heavy atom. The van der Waals surface area contributed by atoms with E-state index in [0.717, 1.165) is 38.0 Å². The molecule has 1 aliphatic rings. The van der Waals surface area contributed by atoms with Crippen molar-refractivity contribution in [2.45, 2.75) is 45.8 Å². The minimum Gasteiger partial charge on any atom is -0.355 e. The van der Waals surface area contributed by atoms with E-state index in [9.17, 15) is 0 Å². The summed E-state index contributed by atoms with van der Waals surface area (Å²) in [6.45, 7) is 9.18. The van der Waals surface area contributed by atoms with Crippen LogP contribution >= 0.6 is 0 Å². The number of aromatic nitrogens is 2. The van der Waals surface area contributed by atoms with Crippen LogP contribution in [0.5, 0.6) is 0 Å². The Balaban J connectivity index is 1.51. The highest BCUT2D eigenvalue weighted by Crippen LogP contribution is 2.15. The van der Waals surface area contributed by atoms with Gasteiger partial charge in [0, 0.05) is 45.1 Å². The maximum atomic E-state index is 4.37. The molecule has 1 saturated heterocycles. The maximum Gasteiger partial charge on any atom is 0.191 e. The van der Waals surface area contributed by atoms with Gasteiger partial charge in [-0.3, -0.25) is 9.89 Å².